The maximum atomic E-state index is 10.1. The minimum Gasteiger partial charge on any atom is -0.469 e. The van der Waals surface area contributed by atoms with Crippen LogP contribution in [0.25, 0.3) is 5.52 Å². The Kier molecular flexibility index (Phi) is 2.38. The van der Waals surface area contributed by atoms with Crippen molar-refractivity contribution in [3.8, 4) is 0 Å². The van der Waals surface area contributed by atoms with E-state index in [4.69, 9.17) is 4.42 Å². The number of nitrogens with zero attached hydrogens (tertiary/aromatic N) is 3. The molecular weight excluding hydrogens is 218 g/mol. The zero-order chi connectivity index (χ0) is 11.7. The Morgan fingerprint density at radius 2 is 2.35 bits per heavy atom. The van der Waals surface area contributed by atoms with E-state index < -0.39 is 6.10 Å². The van der Waals surface area contributed by atoms with Gasteiger partial charge < -0.3 is 9.52 Å². The van der Waals surface area contributed by atoms with Crippen LogP contribution in [-0.4, -0.2) is 19.7 Å². The van der Waals surface area contributed by atoms with E-state index in [1.165, 1.54) is 0 Å². The van der Waals surface area contributed by atoms with Crippen LogP contribution in [-0.2, 0) is 6.42 Å². The first-order chi connectivity index (χ1) is 8.34. The van der Waals surface area contributed by atoms with Crippen molar-refractivity contribution in [1.29, 1.82) is 0 Å². The van der Waals surface area contributed by atoms with Gasteiger partial charge in [-0.2, -0.15) is 5.10 Å². The van der Waals surface area contributed by atoms with Gasteiger partial charge in [-0.05, 0) is 12.1 Å². The molecule has 0 aliphatic heterocycles. The fourth-order valence-electron chi connectivity index (χ4n) is 1.84. The Hall–Kier alpha value is -2.14. The predicted molar refractivity (Wildman–Crippen MR) is 60.4 cm³/mol. The lowest BCUT2D eigenvalue weighted by Gasteiger charge is -2.06. The third kappa shape index (κ3) is 1.81. The molecule has 0 spiro atoms. The number of furan rings is 1. The summed E-state index contributed by atoms with van der Waals surface area (Å²) in [7, 11) is 0. The summed E-state index contributed by atoms with van der Waals surface area (Å²) >= 11 is 0. The third-order valence-corrected chi connectivity index (χ3v) is 2.69. The average molecular weight is 229 g/mol. The lowest BCUT2D eigenvalue weighted by molar-refractivity contribution is 0.172. The molecule has 17 heavy (non-hydrogen) atoms. The quantitative estimate of drug-likeness (QED) is 0.740. The molecule has 86 valence electrons. The fraction of sp³-hybridized carbons (Fsp3) is 0.167. The third-order valence-electron chi connectivity index (χ3n) is 2.69. The summed E-state index contributed by atoms with van der Waals surface area (Å²) in [5.41, 5.74) is 1.57. The Bertz CT molecular complexity index is 616. The summed E-state index contributed by atoms with van der Waals surface area (Å²) in [6.45, 7) is 0. The minimum atomic E-state index is -0.636. The van der Waals surface area contributed by atoms with Gasteiger partial charge >= 0.3 is 0 Å². The second kappa shape index (κ2) is 4.03. The summed E-state index contributed by atoms with van der Waals surface area (Å²) < 4.78 is 6.90. The molecule has 1 atom stereocenters. The van der Waals surface area contributed by atoms with Crippen LogP contribution in [0.5, 0.6) is 0 Å². The van der Waals surface area contributed by atoms with Crippen molar-refractivity contribution >= 4 is 5.52 Å². The molecular formula is C12H11N3O2. The highest BCUT2D eigenvalue weighted by atomic mass is 16.3. The summed E-state index contributed by atoms with van der Waals surface area (Å²) in [6.07, 6.45) is 8.14. The molecule has 3 heterocycles. The average Bonchev–Trinajstić information content (AvgIpc) is 2.96. The van der Waals surface area contributed by atoms with Crippen molar-refractivity contribution in [1.82, 2.24) is 14.6 Å². The smallest absolute Gasteiger partial charge is 0.106 e. The van der Waals surface area contributed by atoms with Gasteiger partial charge in [-0.15, -0.1) is 0 Å². The molecule has 0 amide bonds. The lowest BCUT2D eigenvalue weighted by atomic mass is 10.1. The lowest BCUT2D eigenvalue weighted by Crippen LogP contribution is -2.00. The molecule has 1 unspecified atom stereocenters. The molecule has 0 radical (unpaired) electrons. The van der Waals surface area contributed by atoms with Gasteiger partial charge in [0.2, 0.25) is 0 Å². The van der Waals surface area contributed by atoms with Crippen LogP contribution in [0.4, 0.5) is 0 Å². The van der Waals surface area contributed by atoms with E-state index in [1.54, 1.807) is 41.6 Å². The normalized spacial score (nSPS) is 13.0. The first kappa shape index (κ1) is 10.0. The van der Waals surface area contributed by atoms with Crippen molar-refractivity contribution < 1.29 is 9.52 Å². The largest absolute Gasteiger partial charge is 0.469 e. The highest BCUT2D eigenvalue weighted by molar-refractivity contribution is 5.52. The molecule has 0 aliphatic carbocycles. The molecule has 0 aromatic carbocycles. The maximum Gasteiger partial charge on any atom is 0.106 e. The molecule has 3 aromatic rings. The Morgan fingerprint density at radius 3 is 3.18 bits per heavy atom. The standard InChI is InChI=1S/C12H11N3O2/c16-12(6-9-2-1-5-17-9)10-7-14-15-4-3-13-8-11(10)15/h1-5,7-8,12,16H,6H2. The van der Waals surface area contributed by atoms with Crippen LogP contribution in [0.1, 0.15) is 17.4 Å². The van der Waals surface area contributed by atoms with Crippen molar-refractivity contribution in [3.05, 3.63) is 54.5 Å². The van der Waals surface area contributed by atoms with Gasteiger partial charge in [0, 0.05) is 24.4 Å². The molecule has 5 nitrogen and oxygen atoms in total. The van der Waals surface area contributed by atoms with Crippen molar-refractivity contribution in [3.63, 3.8) is 0 Å². The summed E-state index contributed by atoms with van der Waals surface area (Å²) in [5, 5.41) is 14.3. The van der Waals surface area contributed by atoms with Crippen LogP contribution in [0.15, 0.2) is 47.6 Å². The molecule has 0 saturated carbocycles. The van der Waals surface area contributed by atoms with Gasteiger partial charge in [-0.1, -0.05) is 0 Å². The van der Waals surface area contributed by atoms with E-state index in [2.05, 4.69) is 10.1 Å². The van der Waals surface area contributed by atoms with E-state index in [0.717, 1.165) is 16.8 Å². The monoisotopic (exact) mass is 229 g/mol. The highest BCUT2D eigenvalue weighted by Gasteiger charge is 2.15. The van der Waals surface area contributed by atoms with Gasteiger partial charge in [-0.25, -0.2) is 4.52 Å². The molecule has 3 aromatic heterocycles. The first-order valence-corrected chi connectivity index (χ1v) is 5.32. The molecule has 5 heteroatoms. The zero-order valence-corrected chi connectivity index (χ0v) is 9.02. The van der Waals surface area contributed by atoms with Gasteiger partial charge in [-0.3, -0.25) is 4.98 Å². The summed E-state index contributed by atoms with van der Waals surface area (Å²) in [5.74, 6) is 0.751. The second-order valence-electron chi connectivity index (χ2n) is 3.81. The summed E-state index contributed by atoms with van der Waals surface area (Å²) in [4.78, 5) is 4.03. The van der Waals surface area contributed by atoms with E-state index in [9.17, 15) is 5.11 Å². The van der Waals surface area contributed by atoms with Gasteiger partial charge in [0.25, 0.3) is 0 Å². The topological polar surface area (TPSA) is 63.6 Å². The molecule has 0 aliphatic rings. The SMILES string of the molecule is OC(Cc1ccco1)c1cnn2ccncc12. The van der Waals surface area contributed by atoms with Crippen molar-refractivity contribution in [2.75, 3.05) is 0 Å². The van der Waals surface area contributed by atoms with E-state index in [0.29, 0.717) is 6.42 Å². The van der Waals surface area contributed by atoms with Gasteiger partial charge in [0.1, 0.15) is 5.76 Å². The van der Waals surface area contributed by atoms with E-state index in [-0.39, 0.29) is 0 Å². The minimum absolute atomic E-state index is 0.434. The molecule has 0 fully saturated rings. The van der Waals surface area contributed by atoms with Gasteiger partial charge in [0.15, 0.2) is 0 Å². The maximum absolute atomic E-state index is 10.1. The number of rotatable bonds is 3. The number of hydrogen-bond donors (Lipinski definition) is 1. The Balaban J connectivity index is 1.93. The van der Waals surface area contributed by atoms with Crippen LogP contribution in [0, 0.1) is 0 Å². The molecule has 3 rings (SSSR count). The Labute approximate surface area is 97.3 Å². The highest BCUT2D eigenvalue weighted by Crippen LogP contribution is 2.22. The van der Waals surface area contributed by atoms with Crippen molar-refractivity contribution in [2.45, 2.75) is 12.5 Å². The van der Waals surface area contributed by atoms with Crippen molar-refractivity contribution in [2.24, 2.45) is 0 Å². The van der Waals surface area contributed by atoms with Crippen LogP contribution < -0.4 is 0 Å². The number of fused-ring (bicyclic) bond motifs is 1. The number of aliphatic hydroxyl groups excluding tert-OH is 1. The number of aliphatic hydroxyl groups is 1. The van der Waals surface area contributed by atoms with Gasteiger partial charge in [0.05, 0.1) is 30.3 Å². The van der Waals surface area contributed by atoms with Crippen LogP contribution in [0.2, 0.25) is 0 Å². The summed E-state index contributed by atoms with van der Waals surface area (Å²) in [6, 6.07) is 3.65. The van der Waals surface area contributed by atoms with E-state index in [1.807, 2.05) is 6.07 Å². The molecule has 1 N–H and O–H groups in total. The Morgan fingerprint density at radius 1 is 1.41 bits per heavy atom. The molecule has 0 bridgehead atoms. The number of aromatic nitrogens is 3. The predicted octanol–water partition coefficient (Wildman–Crippen LogP) is 1.60. The zero-order valence-electron chi connectivity index (χ0n) is 9.02. The number of hydrogen-bond acceptors (Lipinski definition) is 4. The van der Waals surface area contributed by atoms with Crippen LogP contribution >= 0.6 is 0 Å². The first-order valence-electron chi connectivity index (χ1n) is 5.32. The van der Waals surface area contributed by atoms with E-state index >= 15 is 0 Å². The van der Waals surface area contributed by atoms with Crippen LogP contribution in [0.3, 0.4) is 0 Å². The molecule has 0 saturated heterocycles. The second-order valence-corrected chi connectivity index (χ2v) is 3.81. The fourth-order valence-corrected chi connectivity index (χ4v) is 1.84.